The molecular weight excluding hydrogens is 178 g/mol. The predicted molar refractivity (Wildman–Crippen MR) is 56.9 cm³/mol. The molecule has 0 fully saturated rings. The number of benzene rings is 1. The zero-order valence-electron chi connectivity index (χ0n) is 7.53. The van der Waals surface area contributed by atoms with Crippen LogP contribution in [0.1, 0.15) is 12.5 Å². The number of hydrogen-bond acceptors (Lipinski definition) is 2. The Hall–Kier alpha value is -1.15. The molecule has 0 amide bonds. The first-order chi connectivity index (χ1) is 6.40. The highest BCUT2D eigenvalue weighted by molar-refractivity contribution is 7.13. The lowest BCUT2D eigenvalue weighted by Crippen LogP contribution is -1.81. The molecule has 1 aromatic heterocycles. The molecule has 0 unspecified atom stereocenters. The molecule has 1 heterocycles. The van der Waals surface area contributed by atoms with E-state index in [0.29, 0.717) is 0 Å². The van der Waals surface area contributed by atoms with Crippen LogP contribution in [-0.4, -0.2) is 4.98 Å². The summed E-state index contributed by atoms with van der Waals surface area (Å²) in [6, 6.07) is 8.56. The summed E-state index contributed by atoms with van der Waals surface area (Å²) < 4.78 is 0. The average Bonchev–Trinajstić information content (AvgIpc) is 2.71. The minimum Gasteiger partial charge on any atom is -0.245 e. The molecule has 0 atom stereocenters. The topological polar surface area (TPSA) is 12.9 Å². The minimum absolute atomic E-state index is 1.08. The molecule has 2 aromatic rings. The van der Waals surface area contributed by atoms with Crippen LogP contribution in [-0.2, 0) is 6.42 Å². The van der Waals surface area contributed by atoms with E-state index in [9.17, 15) is 0 Å². The fraction of sp³-hybridized carbons (Fsp3) is 0.182. The highest BCUT2D eigenvalue weighted by atomic mass is 32.1. The summed E-state index contributed by atoms with van der Waals surface area (Å²) in [7, 11) is 0. The van der Waals surface area contributed by atoms with Gasteiger partial charge in [-0.1, -0.05) is 25.1 Å². The molecular formula is C11H11NS. The number of rotatable bonds is 2. The van der Waals surface area contributed by atoms with Crippen molar-refractivity contribution in [1.29, 1.82) is 0 Å². The van der Waals surface area contributed by atoms with Gasteiger partial charge in [-0.15, -0.1) is 11.3 Å². The van der Waals surface area contributed by atoms with Gasteiger partial charge in [0.25, 0.3) is 0 Å². The van der Waals surface area contributed by atoms with Crippen LogP contribution in [0.5, 0.6) is 0 Å². The molecule has 0 spiro atoms. The van der Waals surface area contributed by atoms with E-state index >= 15 is 0 Å². The Morgan fingerprint density at radius 1 is 1.38 bits per heavy atom. The molecule has 0 saturated heterocycles. The van der Waals surface area contributed by atoms with Crippen molar-refractivity contribution in [2.75, 3.05) is 0 Å². The van der Waals surface area contributed by atoms with Crippen LogP contribution in [0.2, 0.25) is 0 Å². The van der Waals surface area contributed by atoms with E-state index in [1.54, 1.807) is 11.3 Å². The fourth-order valence-corrected chi connectivity index (χ4v) is 1.93. The summed E-state index contributed by atoms with van der Waals surface area (Å²) >= 11 is 1.68. The minimum atomic E-state index is 1.08. The van der Waals surface area contributed by atoms with Gasteiger partial charge in [-0.3, -0.25) is 0 Å². The van der Waals surface area contributed by atoms with Crippen LogP contribution >= 0.6 is 11.3 Å². The lowest BCUT2D eigenvalue weighted by atomic mass is 10.1. The second kappa shape index (κ2) is 3.71. The van der Waals surface area contributed by atoms with Crippen molar-refractivity contribution in [3.63, 3.8) is 0 Å². The Kier molecular flexibility index (Phi) is 2.41. The molecule has 0 bridgehead atoms. The summed E-state index contributed by atoms with van der Waals surface area (Å²) in [5.74, 6) is 0. The molecule has 1 nitrogen and oxygen atoms in total. The molecule has 0 aliphatic carbocycles. The van der Waals surface area contributed by atoms with E-state index in [4.69, 9.17) is 0 Å². The van der Waals surface area contributed by atoms with Crippen molar-refractivity contribution in [2.24, 2.45) is 0 Å². The van der Waals surface area contributed by atoms with E-state index in [1.807, 2.05) is 11.6 Å². The van der Waals surface area contributed by atoms with E-state index in [0.717, 1.165) is 11.4 Å². The molecule has 66 valence electrons. The van der Waals surface area contributed by atoms with Gasteiger partial charge in [-0.2, -0.15) is 0 Å². The molecule has 1 aromatic carbocycles. The monoisotopic (exact) mass is 189 g/mol. The van der Waals surface area contributed by atoms with Gasteiger partial charge in [0.15, 0.2) is 0 Å². The first-order valence-corrected chi connectivity index (χ1v) is 5.27. The Balaban J connectivity index is 2.41. The third-order valence-electron chi connectivity index (χ3n) is 2.01. The van der Waals surface area contributed by atoms with Gasteiger partial charge in [0.1, 0.15) is 5.01 Å². The second-order valence-electron chi connectivity index (χ2n) is 2.89. The van der Waals surface area contributed by atoms with E-state index in [2.05, 4.69) is 36.2 Å². The summed E-state index contributed by atoms with van der Waals surface area (Å²) in [6.45, 7) is 2.17. The smallest absolute Gasteiger partial charge is 0.123 e. The Bertz CT molecular complexity index is 379. The molecule has 0 saturated carbocycles. The largest absolute Gasteiger partial charge is 0.245 e. The summed E-state index contributed by atoms with van der Waals surface area (Å²) in [4.78, 5) is 4.28. The third kappa shape index (κ3) is 1.78. The van der Waals surface area contributed by atoms with Crippen LogP contribution in [0.15, 0.2) is 35.8 Å². The number of nitrogens with zero attached hydrogens (tertiary/aromatic N) is 1. The maximum Gasteiger partial charge on any atom is 0.123 e. The highest BCUT2D eigenvalue weighted by Gasteiger charge is 1.99. The summed E-state index contributed by atoms with van der Waals surface area (Å²) in [5.41, 5.74) is 2.60. The Labute approximate surface area is 82.1 Å². The van der Waals surface area contributed by atoms with Gasteiger partial charge in [-0.05, 0) is 18.1 Å². The molecule has 2 rings (SSSR count). The molecule has 0 aliphatic rings. The summed E-state index contributed by atoms with van der Waals surface area (Å²) in [6.07, 6.45) is 2.93. The van der Waals surface area contributed by atoms with Crippen LogP contribution in [0.4, 0.5) is 0 Å². The maximum absolute atomic E-state index is 4.28. The number of hydrogen-bond donors (Lipinski definition) is 0. The second-order valence-corrected chi connectivity index (χ2v) is 3.79. The normalized spacial score (nSPS) is 10.2. The van der Waals surface area contributed by atoms with Gasteiger partial charge in [0.2, 0.25) is 0 Å². The molecule has 13 heavy (non-hydrogen) atoms. The van der Waals surface area contributed by atoms with Crippen molar-refractivity contribution in [3.8, 4) is 10.6 Å². The van der Waals surface area contributed by atoms with Gasteiger partial charge in [0.05, 0.1) is 0 Å². The van der Waals surface area contributed by atoms with Crippen molar-refractivity contribution in [3.05, 3.63) is 41.4 Å². The van der Waals surface area contributed by atoms with Crippen molar-refractivity contribution in [2.45, 2.75) is 13.3 Å². The lowest BCUT2D eigenvalue weighted by Gasteiger charge is -1.99. The molecule has 0 N–H and O–H groups in total. The van der Waals surface area contributed by atoms with E-state index in [-0.39, 0.29) is 0 Å². The van der Waals surface area contributed by atoms with Gasteiger partial charge in [-0.25, -0.2) is 4.98 Å². The highest BCUT2D eigenvalue weighted by Crippen LogP contribution is 2.22. The predicted octanol–water partition coefficient (Wildman–Crippen LogP) is 3.37. The third-order valence-corrected chi connectivity index (χ3v) is 2.84. The van der Waals surface area contributed by atoms with E-state index in [1.165, 1.54) is 11.1 Å². The lowest BCUT2D eigenvalue weighted by molar-refractivity contribution is 1.14. The SMILES string of the molecule is CCc1cccc(-c2nccs2)c1. The molecule has 0 aliphatic heterocycles. The first kappa shape index (κ1) is 8.45. The first-order valence-electron chi connectivity index (χ1n) is 4.39. The van der Waals surface area contributed by atoms with E-state index < -0.39 is 0 Å². The van der Waals surface area contributed by atoms with Crippen LogP contribution < -0.4 is 0 Å². The van der Waals surface area contributed by atoms with Crippen molar-refractivity contribution < 1.29 is 0 Å². The molecule has 0 radical (unpaired) electrons. The number of aromatic nitrogens is 1. The maximum atomic E-state index is 4.28. The number of thiazole rings is 1. The zero-order valence-corrected chi connectivity index (χ0v) is 8.34. The van der Waals surface area contributed by atoms with Crippen molar-refractivity contribution >= 4 is 11.3 Å². The number of aryl methyl sites for hydroxylation is 1. The van der Waals surface area contributed by atoms with Crippen LogP contribution in [0, 0.1) is 0 Å². The zero-order chi connectivity index (χ0) is 9.10. The van der Waals surface area contributed by atoms with Crippen molar-refractivity contribution in [1.82, 2.24) is 4.98 Å². The Morgan fingerprint density at radius 3 is 3.00 bits per heavy atom. The molecule has 2 heteroatoms. The van der Waals surface area contributed by atoms with Gasteiger partial charge < -0.3 is 0 Å². The fourth-order valence-electron chi connectivity index (χ4n) is 1.29. The quantitative estimate of drug-likeness (QED) is 0.705. The standard InChI is InChI=1S/C11H11NS/c1-2-9-4-3-5-10(8-9)11-12-6-7-13-11/h3-8H,2H2,1H3. The van der Waals surface area contributed by atoms with Gasteiger partial charge >= 0.3 is 0 Å². The van der Waals surface area contributed by atoms with Crippen LogP contribution in [0.3, 0.4) is 0 Å². The Morgan fingerprint density at radius 2 is 2.31 bits per heavy atom. The van der Waals surface area contributed by atoms with Gasteiger partial charge in [0, 0.05) is 17.1 Å². The summed E-state index contributed by atoms with van der Waals surface area (Å²) in [5, 5.41) is 3.11. The average molecular weight is 189 g/mol. The van der Waals surface area contributed by atoms with Crippen LogP contribution in [0.25, 0.3) is 10.6 Å².